The molecule has 1 aromatic carbocycles. The molecule has 2 rings (SSSR count). The zero-order valence-electron chi connectivity index (χ0n) is 8.30. The lowest BCUT2D eigenvalue weighted by atomic mass is 10.1. The summed E-state index contributed by atoms with van der Waals surface area (Å²) in [7, 11) is 0. The minimum atomic E-state index is 0.433. The molecule has 0 fully saturated rings. The van der Waals surface area contributed by atoms with E-state index in [0.29, 0.717) is 12.5 Å². The van der Waals surface area contributed by atoms with Crippen LogP contribution in [0.25, 0.3) is 6.08 Å². The second kappa shape index (κ2) is 3.96. The van der Waals surface area contributed by atoms with Crippen molar-refractivity contribution in [3.63, 3.8) is 0 Å². The van der Waals surface area contributed by atoms with Crippen LogP contribution in [0.5, 0.6) is 0 Å². The highest BCUT2D eigenvalue weighted by molar-refractivity contribution is 5.47. The molecule has 0 aliphatic heterocycles. The van der Waals surface area contributed by atoms with Crippen molar-refractivity contribution >= 4 is 12.0 Å². The summed E-state index contributed by atoms with van der Waals surface area (Å²) in [5.74, 6) is 0.433. The van der Waals surface area contributed by atoms with E-state index in [9.17, 15) is 0 Å². The largest absolute Gasteiger partial charge is 0.368 e. The number of anilines is 1. The molecule has 0 aliphatic rings. The van der Waals surface area contributed by atoms with Gasteiger partial charge in [-0.2, -0.15) is 5.10 Å². The van der Waals surface area contributed by atoms with Gasteiger partial charge in [-0.1, -0.05) is 36.9 Å². The molecule has 0 bridgehead atoms. The van der Waals surface area contributed by atoms with Crippen molar-refractivity contribution in [1.29, 1.82) is 0 Å². The highest BCUT2D eigenvalue weighted by atomic mass is 15.4. The standard InChI is InChI=1S/C11H12N4/c1-2-9-3-5-10(6-4-9)7-15-11(12)13-8-14-15/h2-6,8H,1,7H2,(H2,12,13,14). The van der Waals surface area contributed by atoms with E-state index < -0.39 is 0 Å². The lowest BCUT2D eigenvalue weighted by Gasteiger charge is -2.03. The smallest absolute Gasteiger partial charge is 0.218 e. The van der Waals surface area contributed by atoms with Crippen LogP contribution in [0.3, 0.4) is 0 Å². The SMILES string of the molecule is C=Cc1ccc(Cn2ncnc2N)cc1. The Labute approximate surface area is 88.1 Å². The van der Waals surface area contributed by atoms with Gasteiger partial charge < -0.3 is 5.73 Å². The zero-order valence-corrected chi connectivity index (χ0v) is 8.30. The van der Waals surface area contributed by atoms with Crippen molar-refractivity contribution in [2.75, 3.05) is 5.73 Å². The molecular formula is C11H12N4. The van der Waals surface area contributed by atoms with E-state index in [1.54, 1.807) is 4.68 Å². The van der Waals surface area contributed by atoms with Crippen molar-refractivity contribution in [3.8, 4) is 0 Å². The quantitative estimate of drug-likeness (QED) is 0.817. The van der Waals surface area contributed by atoms with Gasteiger partial charge >= 0.3 is 0 Å². The van der Waals surface area contributed by atoms with Gasteiger partial charge in [0.25, 0.3) is 0 Å². The van der Waals surface area contributed by atoms with Gasteiger partial charge in [-0.25, -0.2) is 9.67 Å². The molecule has 4 heteroatoms. The van der Waals surface area contributed by atoms with Gasteiger partial charge in [0.2, 0.25) is 5.95 Å². The highest BCUT2D eigenvalue weighted by Gasteiger charge is 2.00. The summed E-state index contributed by atoms with van der Waals surface area (Å²) in [5.41, 5.74) is 7.86. The summed E-state index contributed by atoms with van der Waals surface area (Å²) in [6.45, 7) is 4.35. The van der Waals surface area contributed by atoms with Gasteiger partial charge in [-0.05, 0) is 11.1 Å². The fraction of sp³-hybridized carbons (Fsp3) is 0.0909. The van der Waals surface area contributed by atoms with Crippen molar-refractivity contribution in [2.24, 2.45) is 0 Å². The van der Waals surface area contributed by atoms with Crippen LogP contribution in [0.15, 0.2) is 37.2 Å². The number of rotatable bonds is 3. The third-order valence-electron chi connectivity index (χ3n) is 2.19. The van der Waals surface area contributed by atoms with Crippen LogP contribution >= 0.6 is 0 Å². The Balaban J connectivity index is 2.18. The highest BCUT2D eigenvalue weighted by Crippen LogP contribution is 2.08. The maximum absolute atomic E-state index is 5.62. The van der Waals surface area contributed by atoms with Gasteiger partial charge in [0.1, 0.15) is 6.33 Å². The number of nitrogen functional groups attached to an aromatic ring is 1. The fourth-order valence-corrected chi connectivity index (χ4v) is 1.33. The van der Waals surface area contributed by atoms with E-state index in [4.69, 9.17) is 5.73 Å². The normalized spacial score (nSPS) is 10.1. The average molecular weight is 200 g/mol. The molecule has 15 heavy (non-hydrogen) atoms. The molecule has 76 valence electrons. The van der Waals surface area contributed by atoms with Crippen LogP contribution in [-0.4, -0.2) is 14.8 Å². The van der Waals surface area contributed by atoms with E-state index >= 15 is 0 Å². The first kappa shape index (κ1) is 9.45. The van der Waals surface area contributed by atoms with Crippen molar-refractivity contribution in [3.05, 3.63) is 48.3 Å². The minimum Gasteiger partial charge on any atom is -0.368 e. The van der Waals surface area contributed by atoms with E-state index in [1.807, 2.05) is 30.3 Å². The molecule has 2 aromatic rings. The first-order valence-corrected chi connectivity index (χ1v) is 4.64. The summed E-state index contributed by atoms with van der Waals surface area (Å²) in [6, 6.07) is 8.07. The number of nitrogens with two attached hydrogens (primary N) is 1. The first-order valence-electron chi connectivity index (χ1n) is 4.64. The minimum absolute atomic E-state index is 0.433. The van der Waals surface area contributed by atoms with E-state index in [-0.39, 0.29) is 0 Å². The fourth-order valence-electron chi connectivity index (χ4n) is 1.33. The number of benzene rings is 1. The number of hydrogen-bond acceptors (Lipinski definition) is 3. The lowest BCUT2D eigenvalue weighted by Crippen LogP contribution is -2.06. The molecule has 4 nitrogen and oxygen atoms in total. The molecule has 0 amide bonds. The Hall–Kier alpha value is -2.10. The maximum Gasteiger partial charge on any atom is 0.218 e. The molecule has 2 N–H and O–H groups in total. The molecule has 1 aromatic heterocycles. The molecule has 0 spiro atoms. The third kappa shape index (κ3) is 2.04. The average Bonchev–Trinajstić information content (AvgIpc) is 2.66. The molecule has 0 aliphatic carbocycles. The number of nitrogens with zero attached hydrogens (tertiary/aromatic N) is 3. The third-order valence-corrected chi connectivity index (χ3v) is 2.19. The predicted molar refractivity (Wildman–Crippen MR) is 60.1 cm³/mol. The molecule has 0 saturated carbocycles. The molecule has 0 radical (unpaired) electrons. The van der Waals surface area contributed by atoms with Crippen molar-refractivity contribution in [2.45, 2.75) is 6.54 Å². The molecule has 0 saturated heterocycles. The molecular weight excluding hydrogens is 188 g/mol. The maximum atomic E-state index is 5.62. The van der Waals surface area contributed by atoms with Crippen LogP contribution in [0.2, 0.25) is 0 Å². The van der Waals surface area contributed by atoms with Crippen LogP contribution in [0, 0.1) is 0 Å². The van der Waals surface area contributed by atoms with E-state index in [1.165, 1.54) is 6.33 Å². The summed E-state index contributed by atoms with van der Waals surface area (Å²) >= 11 is 0. The number of aromatic nitrogens is 3. The van der Waals surface area contributed by atoms with Gasteiger partial charge in [0, 0.05) is 0 Å². The van der Waals surface area contributed by atoms with Gasteiger partial charge in [-0.3, -0.25) is 0 Å². The summed E-state index contributed by atoms with van der Waals surface area (Å²) in [5, 5.41) is 4.01. The van der Waals surface area contributed by atoms with Crippen LogP contribution < -0.4 is 5.73 Å². The summed E-state index contributed by atoms with van der Waals surface area (Å²) in [6.07, 6.45) is 3.26. The monoisotopic (exact) mass is 200 g/mol. The summed E-state index contributed by atoms with van der Waals surface area (Å²) < 4.78 is 1.66. The van der Waals surface area contributed by atoms with Gasteiger partial charge in [0.05, 0.1) is 6.54 Å². The Bertz CT molecular complexity index is 456. The topological polar surface area (TPSA) is 56.7 Å². The zero-order chi connectivity index (χ0) is 10.7. The Morgan fingerprint density at radius 3 is 2.60 bits per heavy atom. The summed E-state index contributed by atoms with van der Waals surface area (Å²) in [4.78, 5) is 3.86. The van der Waals surface area contributed by atoms with E-state index in [2.05, 4.69) is 16.7 Å². The van der Waals surface area contributed by atoms with Gasteiger partial charge in [-0.15, -0.1) is 0 Å². The predicted octanol–water partition coefficient (Wildman–Crippen LogP) is 1.55. The van der Waals surface area contributed by atoms with Crippen LogP contribution in [0.1, 0.15) is 11.1 Å². The van der Waals surface area contributed by atoms with Crippen LogP contribution in [0.4, 0.5) is 5.95 Å². The molecule has 1 heterocycles. The number of hydrogen-bond donors (Lipinski definition) is 1. The van der Waals surface area contributed by atoms with Crippen molar-refractivity contribution < 1.29 is 0 Å². The Kier molecular flexibility index (Phi) is 2.49. The van der Waals surface area contributed by atoms with Gasteiger partial charge in [0.15, 0.2) is 0 Å². The van der Waals surface area contributed by atoms with Crippen LogP contribution in [-0.2, 0) is 6.54 Å². The molecule has 0 unspecified atom stereocenters. The Morgan fingerprint density at radius 1 is 1.33 bits per heavy atom. The molecule has 0 atom stereocenters. The first-order chi connectivity index (χ1) is 7.29. The lowest BCUT2D eigenvalue weighted by molar-refractivity contribution is 0.696. The second-order valence-electron chi connectivity index (χ2n) is 3.22. The van der Waals surface area contributed by atoms with E-state index in [0.717, 1.165) is 11.1 Å². The second-order valence-corrected chi connectivity index (χ2v) is 3.22. The Morgan fingerprint density at radius 2 is 2.07 bits per heavy atom. The van der Waals surface area contributed by atoms with Crippen molar-refractivity contribution in [1.82, 2.24) is 14.8 Å².